The minimum atomic E-state index is -0.369. The Labute approximate surface area is 233 Å². The summed E-state index contributed by atoms with van der Waals surface area (Å²) in [7, 11) is 2.13. The predicted octanol–water partition coefficient (Wildman–Crippen LogP) is 5.91. The number of hydrogen-bond donors (Lipinski definition) is 3. The Morgan fingerprint density at radius 2 is 1.75 bits per heavy atom. The molecule has 0 spiro atoms. The second-order valence-corrected chi connectivity index (χ2v) is 10.2. The second-order valence-electron chi connectivity index (χ2n) is 10.2. The average Bonchev–Trinajstić information content (AvgIpc) is 3.33. The van der Waals surface area contributed by atoms with E-state index in [-0.39, 0.29) is 18.0 Å². The molecule has 0 saturated heterocycles. The van der Waals surface area contributed by atoms with E-state index in [2.05, 4.69) is 64.9 Å². The fourth-order valence-electron chi connectivity index (χ4n) is 4.55. The van der Waals surface area contributed by atoms with Crippen molar-refractivity contribution < 1.29 is 14.3 Å². The summed E-state index contributed by atoms with van der Waals surface area (Å²) in [4.78, 5) is 30.6. The van der Waals surface area contributed by atoms with E-state index in [9.17, 15) is 9.59 Å². The van der Waals surface area contributed by atoms with Crippen LogP contribution in [0.2, 0.25) is 0 Å². The molecule has 10 heteroatoms. The van der Waals surface area contributed by atoms with E-state index >= 15 is 0 Å². The monoisotopic (exact) mass is 539 g/mol. The number of amides is 3. The second kappa shape index (κ2) is 11.6. The summed E-state index contributed by atoms with van der Waals surface area (Å²) in [6.07, 6.45) is 4.41. The van der Waals surface area contributed by atoms with Gasteiger partial charge < -0.3 is 25.6 Å². The van der Waals surface area contributed by atoms with Crippen molar-refractivity contribution >= 4 is 29.1 Å². The zero-order chi connectivity index (χ0) is 28.2. The van der Waals surface area contributed by atoms with E-state index < -0.39 is 0 Å². The zero-order valence-electron chi connectivity index (χ0n) is 23.1. The molecule has 0 radical (unpaired) electrons. The predicted molar refractivity (Wildman–Crippen MR) is 156 cm³/mol. The van der Waals surface area contributed by atoms with Crippen LogP contribution in [0.15, 0.2) is 67.0 Å². The molecule has 3 amide bonds. The number of urea groups is 1. The summed E-state index contributed by atoms with van der Waals surface area (Å²) in [5.41, 5.74) is 5.63. The third kappa shape index (κ3) is 6.47. The lowest BCUT2D eigenvalue weighted by Crippen LogP contribution is -2.26. The minimum Gasteiger partial charge on any atom is -0.457 e. The number of carbonyl (C=O) groups excluding carboxylic acids is 2. The highest BCUT2D eigenvalue weighted by molar-refractivity contribution is 6.01. The number of anilines is 3. The van der Waals surface area contributed by atoms with E-state index in [1.54, 1.807) is 42.6 Å². The maximum Gasteiger partial charge on any atom is 0.323 e. The average molecular weight is 540 g/mol. The molecule has 1 aliphatic heterocycles. The number of ether oxygens (including phenoxy) is 1. The van der Waals surface area contributed by atoms with Crippen LogP contribution >= 0.6 is 0 Å². The number of carbonyl (C=O) groups is 2. The first kappa shape index (κ1) is 26.9. The molecule has 3 heterocycles. The number of nitrogens with zero attached hydrogens (tertiary/aromatic N) is 4. The number of pyridine rings is 1. The minimum absolute atomic E-state index is 0.144. The quantitative estimate of drug-likeness (QED) is 0.269. The van der Waals surface area contributed by atoms with Gasteiger partial charge in [-0.25, -0.2) is 9.78 Å². The first-order chi connectivity index (χ1) is 19.2. The van der Waals surface area contributed by atoms with Gasteiger partial charge in [0, 0.05) is 55.8 Å². The summed E-state index contributed by atoms with van der Waals surface area (Å²) in [5, 5.41) is 13.3. The molecule has 3 N–H and O–H groups in total. The van der Waals surface area contributed by atoms with Crippen molar-refractivity contribution in [2.24, 2.45) is 0 Å². The number of likely N-dealkylation sites (N-methyl/N-ethyl adjacent to an activating group) is 1. The Balaban J connectivity index is 1.27. The van der Waals surface area contributed by atoms with Gasteiger partial charge in [-0.1, -0.05) is 12.1 Å². The number of hydrogen-bond acceptors (Lipinski definition) is 6. The van der Waals surface area contributed by atoms with Gasteiger partial charge in [-0.3, -0.25) is 9.48 Å². The molecule has 2 aromatic heterocycles. The number of rotatable bonds is 7. The van der Waals surface area contributed by atoms with Crippen molar-refractivity contribution in [3.05, 3.63) is 78.1 Å². The third-order valence-corrected chi connectivity index (χ3v) is 6.58. The van der Waals surface area contributed by atoms with Gasteiger partial charge in [0.25, 0.3) is 0 Å². The van der Waals surface area contributed by atoms with Crippen LogP contribution < -0.4 is 20.7 Å². The fourth-order valence-corrected chi connectivity index (χ4v) is 4.55. The molecular formula is C30H33N7O3. The first-order valence-corrected chi connectivity index (χ1v) is 13.2. The molecule has 1 aliphatic rings. The Morgan fingerprint density at radius 1 is 0.950 bits per heavy atom. The third-order valence-electron chi connectivity index (χ3n) is 6.58. The highest BCUT2D eigenvalue weighted by Gasteiger charge is 2.19. The molecule has 0 aliphatic carbocycles. The van der Waals surface area contributed by atoms with Crippen LogP contribution in [0.1, 0.15) is 37.9 Å². The van der Waals surface area contributed by atoms with Gasteiger partial charge in [-0.15, -0.1) is 0 Å². The summed E-state index contributed by atoms with van der Waals surface area (Å²) >= 11 is 0. The van der Waals surface area contributed by atoms with Crippen molar-refractivity contribution in [2.45, 2.75) is 39.8 Å². The number of benzene rings is 2. The molecule has 5 rings (SSSR count). The topological polar surface area (TPSA) is 113 Å². The molecular weight excluding hydrogens is 506 g/mol. The van der Waals surface area contributed by atoms with Gasteiger partial charge in [0.1, 0.15) is 23.0 Å². The zero-order valence-corrected chi connectivity index (χ0v) is 23.1. The molecule has 0 atom stereocenters. The van der Waals surface area contributed by atoms with Crippen molar-refractivity contribution in [3.63, 3.8) is 0 Å². The van der Waals surface area contributed by atoms with E-state index in [1.165, 1.54) is 18.1 Å². The number of aromatic nitrogens is 3. The van der Waals surface area contributed by atoms with Crippen LogP contribution in [-0.4, -0.2) is 45.2 Å². The van der Waals surface area contributed by atoms with Crippen LogP contribution in [-0.2, 0) is 17.8 Å². The number of nitrogens with one attached hydrogen (secondary N) is 3. The van der Waals surface area contributed by atoms with Gasteiger partial charge >= 0.3 is 6.03 Å². The maximum absolute atomic E-state index is 13.0. The SMILES string of the molecule is CC(=O)Nc1cc(Oc2ccc(NC(=O)Nc3cn(C(C)C)nc3-c3ccc4c(c3)CCN(C)C4)cc2)ccn1. The van der Waals surface area contributed by atoms with E-state index in [1.807, 2.05) is 10.9 Å². The van der Waals surface area contributed by atoms with E-state index in [0.29, 0.717) is 28.7 Å². The highest BCUT2D eigenvalue weighted by Crippen LogP contribution is 2.31. The van der Waals surface area contributed by atoms with Crippen LogP contribution in [0.3, 0.4) is 0 Å². The molecule has 0 bridgehead atoms. The van der Waals surface area contributed by atoms with Gasteiger partial charge in [0.15, 0.2) is 0 Å². The summed E-state index contributed by atoms with van der Waals surface area (Å²) in [6, 6.07) is 16.5. The summed E-state index contributed by atoms with van der Waals surface area (Å²) in [6.45, 7) is 7.49. The Kier molecular flexibility index (Phi) is 7.79. The van der Waals surface area contributed by atoms with E-state index in [4.69, 9.17) is 9.84 Å². The van der Waals surface area contributed by atoms with Gasteiger partial charge in [0.05, 0.1) is 5.69 Å². The van der Waals surface area contributed by atoms with Crippen molar-refractivity contribution in [3.8, 4) is 22.8 Å². The van der Waals surface area contributed by atoms with Crippen LogP contribution in [0, 0.1) is 0 Å². The lowest BCUT2D eigenvalue weighted by atomic mass is 9.96. The van der Waals surface area contributed by atoms with Gasteiger partial charge in [-0.05, 0) is 74.8 Å². The van der Waals surface area contributed by atoms with E-state index in [0.717, 1.165) is 30.8 Å². The lowest BCUT2D eigenvalue weighted by Gasteiger charge is -2.25. The molecule has 0 fully saturated rings. The molecule has 2 aromatic carbocycles. The molecule has 206 valence electrons. The van der Waals surface area contributed by atoms with Crippen molar-refractivity contribution in [1.29, 1.82) is 0 Å². The summed E-state index contributed by atoms with van der Waals surface area (Å²) < 4.78 is 7.72. The number of fused-ring (bicyclic) bond motifs is 1. The standard InChI is InChI=1S/C30H33N7O3/c1-19(2)37-18-27(29(35-37)22-5-6-23-17-36(4)14-12-21(23)15-22)34-30(39)33-24-7-9-25(10-8-24)40-26-11-13-31-28(16-26)32-20(3)38/h5-11,13,15-16,18-19H,12,14,17H2,1-4H3,(H,31,32,38)(H2,33,34,39). The Bertz CT molecular complexity index is 1530. The normalized spacial score (nSPS) is 13.0. The van der Waals surface area contributed by atoms with Crippen LogP contribution in [0.5, 0.6) is 11.5 Å². The molecule has 4 aromatic rings. The maximum atomic E-state index is 13.0. The molecule has 10 nitrogen and oxygen atoms in total. The molecule has 0 unspecified atom stereocenters. The Morgan fingerprint density at radius 3 is 2.50 bits per heavy atom. The van der Waals surface area contributed by atoms with Gasteiger partial charge in [-0.2, -0.15) is 5.10 Å². The van der Waals surface area contributed by atoms with Crippen LogP contribution in [0.4, 0.5) is 22.0 Å². The molecule has 40 heavy (non-hydrogen) atoms. The smallest absolute Gasteiger partial charge is 0.323 e. The van der Waals surface area contributed by atoms with Crippen LogP contribution in [0.25, 0.3) is 11.3 Å². The Hall–Kier alpha value is -4.70. The molecule has 0 saturated carbocycles. The highest BCUT2D eigenvalue weighted by atomic mass is 16.5. The van der Waals surface area contributed by atoms with Crippen molar-refractivity contribution in [1.82, 2.24) is 19.7 Å². The lowest BCUT2D eigenvalue weighted by molar-refractivity contribution is -0.114. The van der Waals surface area contributed by atoms with Crippen molar-refractivity contribution in [2.75, 3.05) is 29.5 Å². The summed E-state index contributed by atoms with van der Waals surface area (Å²) in [5.74, 6) is 1.30. The largest absolute Gasteiger partial charge is 0.457 e. The van der Waals surface area contributed by atoms with Gasteiger partial charge in [0.2, 0.25) is 5.91 Å². The first-order valence-electron chi connectivity index (χ1n) is 13.2. The fraction of sp³-hybridized carbons (Fsp3) is 0.267.